The van der Waals surface area contributed by atoms with Crippen LogP contribution >= 0.6 is 15.9 Å². The Bertz CT molecular complexity index is 1120. The van der Waals surface area contributed by atoms with Crippen molar-refractivity contribution >= 4 is 31.6 Å². The molecule has 3 rings (SSSR count). The van der Waals surface area contributed by atoms with E-state index in [-0.39, 0.29) is 17.0 Å². The van der Waals surface area contributed by atoms with Gasteiger partial charge in [0.2, 0.25) is 0 Å². The Morgan fingerprint density at radius 3 is 2.46 bits per heavy atom. The van der Waals surface area contributed by atoms with E-state index in [1.54, 1.807) is 45.5 Å². The lowest BCUT2D eigenvalue weighted by atomic mass is 9.62. The zero-order chi connectivity index (χ0) is 20.6. The van der Waals surface area contributed by atoms with Crippen molar-refractivity contribution in [2.75, 3.05) is 0 Å². The summed E-state index contributed by atoms with van der Waals surface area (Å²) >= 11 is 3.31. The summed E-state index contributed by atoms with van der Waals surface area (Å²) in [5.74, 6) is -1.32. The van der Waals surface area contributed by atoms with Gasteiger partial charge in [-0.1, -0.05) is 0 Å². The molecule has 0 spiro atoms. The van der Waals surface area contributed by atoms with Crippen molar-refractivity contribution in [3.8, 4) is 11.4 Å². The van der Waals surface area contributed by atoms with E-state index in [1.807, 2.05) is 6.92 Å². The fourth-order valence-corrected chi connectivity index (χ4v) is 3.29. The molecule has 0 atom stereocenters. The van der Waals surface area contributed by atoms with Gasteiger partial charge in [0.05, 0.1) is 17.3 Å². The van der Waals surface area contributed by atoms with Crippen molar-refractivity contribution in [3.05, 3.63) is 80.2 Å². The summed E-state index contributed by atoms with van der Waals surface area (Å²) in [6, 6.07) is 5.51. The molecule has 0 radical (unpaired) electrons. The molecule has 3 aromatic heterocycles. The van der Waals surface area contributed by atoms with Gasteiger partial charge < -0.3 is 4.74 Å². The van der Waals surface area contributed by atoms with Crippen LogP contribution in [0.4, 0.5) is 8.78 Å². The molecule has 0 aliphatic heterocycles. The van der Waals surface area contributed by atoms with Crippen molar-refractivity contribution in [3.63, 3.8) is 0 Å². The first-order chi connectivity index (χ1) is 13.1. The molecule has 5 nitrogen and oxygen atoms in total. The van der Waals surface area contributed by atoms with Gasteiger partial charge in [0.25, 0.3) is 5.56 Å². The molecule has 3 aromatic rings. The number of aryl methyl sites for hydroxylation is 2. The normalized spacial score (nSPS) is 11.5. The maximum atomic E-state index is 14.1. The lowest BCUT2D eigenvalue weighted by molar-refractivity contribution is 0.231. The molecule has 0 aliphatic rings. The summed E-state index contributed by atoms with van der Waals surface area (Å²) in [4.78, 5) is 20.7. The third kappa shape index (κ3) is 4.01. The Morgan fingerprint density at radius 1 is 1.11 bits per heavy atom. The van der Waals surface area contributed by atoms with Crippen LogP contribution in [-0.4, -0.2) is 30.2 Å². The molecule has 0 saturated carbocycles. The first kappa shape index (κ1) is 20.3. The van der Waals surface area contributed by atoms with E-state index in [9.17, 15) is 13.6 Å². The first-order valence-corrected chi connectivity index (χ1v) is 9.24. The third-order valence-electron chi connectivity index (χ3n) is 4.22. The van der Waals surface area contributed by atoms with E-state index >= 15 is 0 Å². The molecule has 3 heterocycles. The summed E-state index contributed by atoms with van der Waals surface area (Å²) in [5, 5.41) is -1.21. The molecular weight excluding hydrogens is 430 g/mol. The van der Waals surface area contributed by atoms with Crippen LogP contribution < -0.4 is 10.3 Å². The number of aromatic nitrogens is 3. The molecule has 0 N–H and O–H groups in total. The van der Waals surface area contributed by atoms with Crippen molar-refractivity contribution in [2.45, 2.75) is 19.2 Å². The van der Waals surface area contributed by atoms with E-state index in [0.717, 1.165) is 17.8 Å². The highest BCUT2D eigenvalue weighted by Crippen LogP contribution is 2.25. The molecule has 142 valence electrons. The van der Waals surface area contributed by atoms with Gasteiger partial charge in [-0.05, 0) is 47.5 Å². The minimum absolute atomic E-state index is 0.0513. The SMILES string of the molecule is BC(B)(Oc1cc(C)n(-c2cc(Br)ncc2C)c(=O)c1)c1ncc(F)cc1F. The van der Waals surface area contributed by atoms with Gasteiger partial charge in [-0.25, -0.2) is 13.8 Å². The zero-order valence-corrected chi connectivity index (χ0v) is 17.3. The molecular formula is C18H16B2BrF2N3O2. The molecule has 0 saturated heterocycles. The molecule has 10 heteroatoms. The van der Waals surface area contributed by atoms with Crippen molar-refractivity contribution in [2.24, 2.45) is 0 Å². The van der Waals surface area contributed by atoms with Crippen LogP contribution in [0.3, 0.4) is 0 Å². The third-order valence-corrected chi connectivity index (χ3v) is 4.66. The lowest BCUT2D eigenvalue weighted by Crippen LogP contribution is -2.37. The summed E-state index contributed by atoms with van der Waals surface area (Å²) in [6.45, 7) is 3.63. The van der Waals surface area contributed by atoms with E-state index < -0.39 is 17.0 Å². The second-order valence-corrected chi connectivity index (χ2v) is 7.71. The molecule has 0 aliphatic carbocycles. The molecule has 0 fully saturated rings. The predicted octanol–water partition coefficient (Wildman–Crippen LogP) is 1.74. The molecule has 0 aromatic carbocycles. The highest BCUT2D eigenvalue weighted by atomic mass is 79.9. The maximum absolute atomic E-state index is 14.1. The number of hydrogen-bond donors (Lipinski definition) is 0. The van der Waals surface area contributed by atoms with E-state index in [4.69, 9.17) is 4.74 Å². The average Bonchev–Trinajstić information content (AvgIpc) is 2.56. The Kier molecular flexibility index (Phi) is 5.43. The fraction of sp³-hybridized carbons (Fsp3) is 0.167. The van der Waals surface area contributed by atoms with Crippen LogP contribution in [0.5, 0.6) is 5.75 Å². The topological polar surface area (TPSA) is 57.0 Å². The fourth-order valence-electron chi connectivity index (χ4n) is 2.97. The Morgan fingerprint density at radius 2 is 1.82 bits per heavy atom. The van der Waals surface area contributed by atoms with Crippen LogP contribution in [0.1, 0.15) is 17.0 Å². The second-order valence-electron chi connectivity index (χ2n) is 6.90. The molecule has 0 amide bonds. The highest BCUT2D eigenvalue weighted by Gasteiger charge is 2.28. The van der Waals surface area contributed by atoms with Crippen LogP contribution in [0, 0.1) is 25.5 Å². The molecule has 28 heavy (non-hydrogen) atoms. The van der Waals surface area contributed by atoms with Gasteiger partial charge in [-0.15, -0.1) is 0 Å². The van der Waals surface area contributed by atoms with Gasteiger partial charge in [-0.3, -0.25) is 14.3 Å². The highest BCUT2D eigenvalue weighted by molar-refractivity contribution is 9.10. The summed E-state index contributed by atoms with van der Waals surface area (Å²) in [6.07, 6.45) is 2.60. The van der Waals surface area contributed by atoms with E-state index in [1.165, 1.54) is 6.07 Å². The van der Waals surface area contributed by atoms with Gasteiger partial charge in [0, 0.05) is 24.0 Å². The second kappa shape index (κ2) is 7.50. The van der Waals surface area contributed by atoms with Crippen LogP contribution in [0.25, 0.3) is 5.69 Å². The van der Waals surface area contributed by atoms with Gasteiger partial charge >= 0.3 is 0 Å². The lowest BCUT2D eigenvalue weighted by Gasteiger charge is -2.27. The number of ether oxygens (including phenoxy) is 1. The summed E-state index contributed by atoms with van der Waals surface area (Å²) in [7, 11) is 3.20. The standard InChI is InChI=1S/C18H16B2BrF2N3O2/c1-9-7-24-15(21)6-14(9)26-10(2)3-12(5-16(26)27)28-18(19,20)17-13(23)4-11(22)8-25-17/h3-8H,19-20H2,1-2H3. The largest absolute Gasteiger partial charge is 0.499 e. The smallest absolute Gasteiger partial charge is 0.259 e. The summed E-state index contributed by atoms with van der Waals surface area (Å²) in [5.41, 5.74) is 1.80. The first-order valence-electron chi connectivity index (χ1n) is 8.45. The number of pyridine rings is 3. The Labute approximate surface area is 170 Å². The number of hydrogen-bond acceptors (Lipinski definition) is 4. The Hall–Kier alpha value is -2.48. The van der Waals surface area contributed by atoms with Crippen LogP contribution in [-0.2, 0) is 5.40 Å². The predicted molar refractivity (Wildman–Crippen MR) is 111 cm³/mol. The van der Waals surface area contributed by atoms with E-state index in [0.29, 0.717) is 16.0 Å². The van der Waals surface area contributed by atoms with Crippen molar-refractivity contribution in [1.29, 1.82) is 0 Å². The average molecular weight is 446 g/mol. The number of nitrogens with zero attached hydrogens (tertiary/aromatic N) is 3. The zero-order valence-electron chi connectivity index (χ0n) is 15.8. The summed E-state index contributed by atoms with van der Waals surface area (Å²) < 4.78 is 35.3. The number of halogens is 3. The van der Waals surface area contributed by atoms with Crippen molar-refractivity contribution in [1.82, 2.24) is 14.5 Å². The Balaban J connectivity index is 2.01. The molecule has 0 unspecified atom stereocenters. The minimum atomic E-state index is -1.21. The number of rotatable bonds is 4. The minimum Gasteiger partial charge on any atom is -0.499 e. The van der Waals surface area contributed by atoms with Gasteiger partial charge in [-0.2, -0.15) is 0 Å². The monoisotopic (exact) mass is 445 g/mol. The van der Waals surface area contributed by atoms with Crippen LogP contribution in [0.2, 0.25) is 0 Å². The van der Waals surface area contributed by atoms with E-state index in [2.05, 4.69) is 25.9 Å². The van der Waals surface area contributed by atoms with Gasteiger partial charge in [0.15, 0.2) is 15.7 Å². The van der Waals surface area contributed by atoms with Crippen molar-refractivity contribution < 1.29 is 13.5 Å². The maximum Gasteiger partial charge on any atom is 0.259 e. The molecule has 0 bridgehead atoms. The van der Waals surface area contributed by atoms with Gasteiger partial charge in [0.1, 0.15) is 27.7 Å². The quantitative estimate of drug-likeness (QED) is 0.453. The van der Waals surface area contributed by atoms with Crippen LogP contribution in [0.15, 0.2) is 46.1 Å².